The van der Waals surface area contributed by atoms with E-state index in [9.17, 15) is 0 Å². The molecule has 0 bridgehead atoms. The summed E-state index contributed by atoms with van der Waals surface area (Å²) in [5.41, 5.74) is 10.1. The van der Waals surface area contributed by atoms with Crippen molar-refractivity contribution in [3.05, 3.63) is 68.7 Å². The maximum absolute atomic E-state index is 2.56. The Balaban J connectivity index is 0.00000245. The molecule has 2 nitrogen and oxygen atoms in total. The molecule has 3 aliphatic rings. The van der Waals surface area contributed by atoms with E-state index in [0.29, 0.717) is 0 Å². The van der Waals surface area contributed by atoms with Crippen LogP contribution in [0.3, 0.4) is 0 Å². The lowest BCUT2D eigenvalue weighted by Gasteiger charge is -2.44. The maximum atomic E-state index is 2.56. The van der Waals surface area contributed by atoms with Gasteiger partial charge >= 0.3 is 0 Å². The van der Waals surface area contributed by atoms with Gasteiger partial charge in [0.15, 0.2) is 0 Å². The molecule has 0 fully saturated rings. The van der Waals surface area contributed by atoms with E-state index in [1.54, 1.807) is 0 Å². The molecule has 0 unspecified atom stereocenters. The highest BCUT2D eigenvalue weighted by atomic mass is 15.2. The molecular weight excluding hydrogens is 388 g/mol. The molecule has 5 rings (SSSR count). The van der Waals surface area contributed by atoms with Crippen LogP contribution in [0.2, 0.25) is 0 Å². The van der Waals surface area contributed by atoms with Crippen LogP contribution >= 0.6 is 0 Å². The van der Waals surface area contributed by atoms with E-state index >= 15 is 0 Å². The highest BCUT2D eigenvalue weighted by molar-refractivity contribution is 5.84. The van der Waals surface area contributed by atoms with E-state index in [2.05, 4.69) is 94.4 Å². The number of benzene rings is 2. The van der Waals surface area contributed by atoms with Crippen LogP contribution in [0.4, 0.5) is 5.69 Å². The molecule has 0 N–H and O–H groups in total. The number of hydrogen-bond donors (Lipinski definition) is 0. The Labute approximate surface area is 195 Å². The highest BCUT2D eigenvalue weighted by Gasteiger charge is 2.36. The van der Waals surface area contributed by atoms with Gasteiger partial charge in [-0.1, -0.05) is 27.4 Å². The zero-order valence-corrected chi connectivity index (χ0v) is 20.4. The summed E-state index contributed by atoms with van der Waals surface area (Å²) in [4.78, 5) is 2.56. The first-order valence-corrected chi connectivity index (χ1v) is 12.1. The summed E-state index contributed by atoms with van der Waals surface area (Å²) in [7, 11) is 0. The predicted molar refractivity (Wildman–Crippen MR) is 140 cm³/mol. The normalized spacial score (nSPS) is 19.5. The lowest BCUT2D eigenvalue weighted by atomic mass is 9.70. The van der Waals surface area contributed by atoms with Gasteiger partial charge in [0.05, 0.1) is 5.54 Å². The number of likely N-dealkylation sites (N-methyl/N-ethyl adjacent to an activating group) is 1. The van der Waals surface area contributed by atoms with E-state index in [0.717, 1.165) is 13.1 Å². The summed E-state index contributed by atoms with van der Waals surface area (Å²) in [6.45, 7) is 19.6. The Morgan fingerprint density at radius 1 is 1.00 bits per heavy atom. The van der Waals surface area contributed by atoms with Crippen molar-refractivity contribution in [3.8, 4) is 0 Å². The van der Waals surface area contributed by atoms with Crippen molar-refractivity contribution in [3.63, 3.8) is 0 Å². The van der Waals surface area contributed by atoms with E-state index in [-0.39, 0.29) is 18.4 Å². The third-order valence-corrected chi connectivity index (χ3v) is 7.97. The van der Waals surface area contributed by atoms with Crippen molar-refractivity contribution < 1.29 is 0 Å². The van der Waals surface area contributed by atoms with Crippen LogP contribution in [-0.2, 0) is 11.8 Å². The van der Waals surface area contributed by atoms with Gasteiger partial charge in [-0.05, 0) is 92.8 Å². The molecule has 0 saturated heterocycles. The standard InChI is InChI=1S/C29H37N2.CH4/c1-8-30-12-10-11-20-13-21-14-22-15-23-19(3)18-28(4,5)31(9-2)27(23)17-25(22)29(6,7)24(21)16-26(20)30;/h13-18H,8-12H2,1-7H3;1H4/q+1;. The molecule has 0 atom stereocenters. The third kappa shape index (κ3) is 3.17. The lowest BCUT2D eigenvalue weighted by molar-refractivity contribution is 0.534. The molecule has 2 aliphatic heterocycles. The SMILES string of the molecule is C.CCN1c2cc3c(cc2C(C)=CC1(C)C)C=c1cc2c(cc1C3(C)C)=[N+](CC)CCC2. The number of allylic oxidation sites excluding steroid dienone is 1. The fourth-order valence-corrected chi connectivity index (χ4v) is 6.41. The van der Waals surface area contributed by atoms with Gasteiger partial charge in [-0.15, -0.1) is 0 Å². The molecular formula is C30H41N2+. The van der Waals surface area contributed by atoms with E-state index in [1.165, 1.54) is 69.0 Å². The predicted octanol–water partition coefficient (Wildman–Crippen LogP) is 5.27. The number of hydrogen-bond acceptors (Lipinski definition) is 1. The van der Waals surface area contributed by atoms with Crippen LogP contribution in [0.5, 0.6) is 0 Å². The molecule has 2 aromatic rings. The first-order chi connectivity index (χ1) is 14.7. The Morgan fingerprint density at radius 3 is 2.44 bits per heavy atom. The summed E-state index contributed by atoms with van der Waals surface area (Å²) in [5.74, 6) is 0. The minimum absolute atomic E-state index is 0. The molecule has 32 heavy (non-hydrogen) atoms. The van der Waals surface area contributed by atoms with Gasteiger partial charge in [0, 0.05) is 41.3 Å². The van der Waals surface area contributed by atoms with Gasteiger partial charge in [0.25, 0.3) is 0 Å². The fraction of sp³-hybridized carbons (Fsp3) is 0.500. The van der Waals surface area contributed by atoms with Crippen molar-refractivity contribution in [2.75, 3.05) is 24.5 Å². The quantitative estimate of drug-likeness (QED) is 0.590. The molecule has 170 valence electrons. The molecule has 0 spiro atoms. The fourth-order valence-electron chi connectivity index (χ4n) is 6.41. The van der Waals surface area contributed by atoms with Crippen LogP contribution in [0.1, 0.15) is 90.1 Å². The topological polar surface area (TPSA) is 6.25 Å². The van der Waals surface area contributed by atoms with Gasteiger partial charge in [-0.3, -0.25) is 0 Å². The van der Waals surface area contributed by atoms with Crippen molar-refractivity contribution in [1.82, 2.24) is 4.58 Å². The molecule has 0 radical (unpaired) electrons. The summed E-state index contributed by atoms with van der Waals surface area (Å²) < 4.78 is 2.56. The van der Waals surface area contributed by atoms with Crippen LogP contribution in [0, 0.1) is 0 Å². The maximum Gasteiger partial charge on any atom is 0.203 e. The number of nitrogens with zero attached hydrogens (tertiary/aromatic N) is 2. The van der Waals surface area contributed by atoms with Gasteiger partial charge in [-0.25, -0.2) is 4.58 Å². The Hall–Kier alpha value is -2.35. The summed E-state index contributed by atoms with van der Waals surface area (Å²) in [6.07, 6.45) is 7.35. The molecule has 0 amide bonds. The van der Waals surface area contributed by atoms with Crippen molar-refractivity contribution in [2.24, 2.45) is 0 Å². The monoisotopic (exact) mass is 429 g/mol. The largest absolute Gasteiger partial charge is 0.363 e. The minimum atomic E-state index is -0.0149. The molecule has 0 aromatic heterocycles. The smallest absolute Gasteiger partial charge is 0.203 e. The van der Waals surface area contributed by atoms with Crippen LogP contribution in [0.25, 0.3) is 11.6 Å². The van der Waals surface area contributed by atoms with Gasteiger partial charge < -0.3 is 4.90 Å². The Morgan fingerprint density at radius 2 is 1.75 bits per heavy atom. The van der Waals surface area contributed by atoms with Gasteiger partial charge in [-0.2, -0.15) is 0 Å². The van der Waals surface area contributed by atoms with Gasteiger partial charge in [0.2, 0.25) is 5.36 Å². The first-order valence-electron chi connectivity index (χ1n) is 12.1. The average molecular weight is 430 g/mol. The average Bonchev–Trinajstić information content (AvgIpc) is 2.71. The minimum Gasteiger partial charge on any atom is -0.363 e. The first kappa shape index (κ1) is 22.8. The Bertz CT molecular complexity index is 1240. The number of fused-ring (bicyclic) bond motifs is 4. The summed E-state index contributed by atoms with van der Waals surface area (Å²) in [5, 5.41) is 2.88. The lowest BCUT2D eigenvalue weighted by Crippen LogP contribution is -2.45. The van der Waals surface area contributed by atoms with Crippen LogP contribution in [-0.4, -0.2) is 25.2 Å². The molecule has 2 aromatic carbocycles. The third-order valence-electron chi connectivity index (χ3n) is 7.97. The van der Waals surface area contributed by atoms with E-state index in [4.69, 9.17) is 0 Å². The summed E-state index contributed by atoms with van der Waals surface area (Å²) in [6, 6.07) is 9.96. The van der Waals surface area contributed by atoms with E-state index < -0.39 is 0 Å². The second-order valence-corrected chi connectivity index (χ2v) is 10.7. The Kier molecular flexibility index (Phi) is 5.43. The van der Waals surface area contributed by atoms with Crippen molar-refractivity contribution in [1.29, 1.82) is 0 Å². The molecule has 1 aliphatic carbocycles. The second-order valence-electron chi connectivity index (χ2n) is 10.7. The highest BCUT2D eigenvalue weighted by Crippen LogP contribution is 2.44. The zero-order valence-electron chi connectivity index (χ0n) is 20.4. The van der Waals surface area contributed by atoms with E-state index in [1.807, 2.05) is 0 Å². The molecule has 0 saturated carbocycles. The molecule has 2 heteroatoms. The van der Waals surface area contributed by atoms with Crippen molar-refractivity contribution in [2.45, 2.75) is 79.7 Å². The van der Waals surface area contributed by atoms with Gasteiger partial charge in [0.1, 0.15) is 13.1 Å². The number of rotatable bonds is 2. The van der Waals surface area contributed by atoms with Crippen LogP contribution < -0.4 is 20.1 Å². The summed E-state index contributed by atoms with van der Waals surface area (Å²) >= 11 is 0. The number of aryl methyl sites for hydroxylation is 1. The zero-order chi connectivity index (χ0) is 22.1. The van der Waals surface area contributed by atoms with Crippen LogP contribution in [0.15, 0.2) is 30.3 Å². The second kappa shape index (κ2) is 7.61. The number of anilines is 1. The van der Waals surface area contributed by atoms with Crippen molar-refractivity contribution >= 4 is 17.3 Å². The molecule has 2 heterocycles.